The number of nitrogens with zero attached hydrogens (tertiary/aromatic N) is 2. The maximum atomic E-state index is 13.5. The molecule has 4 heteroatoms. The van der Waals surface area contributed by atoms with Gasteiger partial charge in [0.25, 0.3) is 0 Å². The van der Waals surface area contributed by atoms with Gasteiger partial charge in [0.05, 0.1) is 17.1 Å². The second-order valence-electron chi connectivity index (χ2n) is 7.18. The van der Waals surface area contributed by atoms with E-state index in [2.05, 4.69) is 23.7 Å². The van der Waals surface area contributed by atoms with Gasteiger partial charge in [0, 0.05) is 12.1 Å². The van der Waals surface area contributed by atoms with Gasteiger partial charge in [-0.2, -0.15) is 0 Å². The van der Waals surface area contributed by atoms with Gasteiger partial charge in [-0.3, -0.25) is 0 Å². The zero-order valence-electron chi connectivity index (χ0n) is 12.7. The Hall–Kier alpha value is -1.42. The minimum absolute atomic E-state index is 0.185. The van der Waals surface area contributed by atoms with Gasteiger partial charge in [-0.25, -0.2) is 9.37 Å². The van der Waals surface area contributed by atoms with Crippen LogP contribution in [-0.2, 0) is 0 Å². The highest BCUT2D eigenvalue weighted by Crippen LogP contribution is 2.45. The third-order valence-corrected chi connectivity index (χ3v) is 4.98. The first kappa shape index (κ1) is 13.3. The Morgan fingerprint density at radius 3 is 2.86 bits per heavy atom. The summed E-state index contributed by atoms with van der Waals surface area (Å²) in [5.41, 5.74) is 2.06. The molecule has 1 saturated heterocycles. The number of benzene rings is 1. The van der Waals surface area contributed by atoms with Crippen molar-refractivity contribution in [2.45, 2.75) is 51.6 Å². The second-order valence-corrected chi connectivity index (χ2v) is 7.18. The molecular formula is C17H22FN3. The molecule has 0 bridgehead atoms. The minimum Gasteiger partial charge on any atom is -0.324 e. The summed E-state index contributed by atoms with van der Waals surface area (Å²) in [6.45, 7) is 5.65. The summed E-state index contributed by atoms with van der Waals surface area (Å²) in [4.78, 5) is 4.81. The number of hydrogen-bond donors (Lipinski definition) is 1. The number of piperidine rings is 1. The van der Waals surface area contributed by atoms with E-state index in [0.717, 1.165) is 23.4 Å². The van der Waals surface area contributed by atoms with E-state index in [1.165, 1.54) is 25.7 Å². The van der Waals surface area contributed by atoms with E-state index in [-0.39, 0.29) is 17.3 Å². The first-order chi connectivity index (χ1) is 10.1. The number of hydrogen-bond acceptors (Lipinski definition) is 2. The molecule has 3 nitrogen and oxygen atoms in total. The molecule has 4 rings (SSSR count). The fourth-order valence-corrected chi connectivity index (χ4v) is 3.66. The average Bonchev–Trinajstić information content (AvgIpc) is 3.19. The Morgan fingerprint density at radius 2 is 2.14 bits per heavy atom. The predicted molar refractivity (Wildman–Crippen MR) is 81.7 cm³/mol. The van der Waals surface area contributed by atoms with Crippen molar-refractivity contribution in [1.82, 2.24) is 14.9 Å². The van der Waals surface area contributed by atoms with Crippen LogP contribution in [0.1, 0.15) is 57.4 Å². The van der Waals surface area contributed by atoms with E-state index < -0.39 is 0 Å². The maximum absolute atomic E-state index is 13.5. The quantitative estimate of drug-likeness (QED) is 0.906. The number of aromatic nitrogens is 2. The van der Waals surface area contributed by atoms with Gasteiger partial charge in [0.15, 0.2) is 0 Å². The molecule has 1 N–H and O–H groups in total. The fourth-order valence-electron chi connectivity index (χ4n) is 3.66. The summed E-state index contributed by atoms with van der Waals surface area (Å²) in [7, 11) is 0. The van der Waals surface area contributed by atoms with Crippen molar-refractivity contribution in [2.24, 2.45) is 5.41 Å². The fraction of sp³-hybridized carbons (Fsp3) is 0.588. The molecule has 1 aromatic heterocycles. The van der Waals surface area contributed by atoms with Crippen LogP contribution in [0.3, 0.4) is 0 Å². The average molecular weight is 287 g/mol. The van der Waals surface area contributed by atoms with Crippen molar-refractivity contribution in [2.75, 3.05) is 6.54 Å². The predicted octanol–water partition coefficient (Wildman–Crippen LogP) is 3.96. The van der Waals surface area contributed by atoms with E-state index in [0.29, 0.717) is 6.04 Å². The highest BCUT2D eigenvalue weighted by atomic mass is 19.1. The first-order valence-electron chi connectivity index (χ1n) is 7.97. The van der Waals surface area contributed by atoms with Crippen molar-refractivity contribution in [3.8, 4) is 0 Å². The van der Waals surface area contributed by atoms with Crippen LogP contribution in [0.25, 0.3) is 11.0 Å². The Kier molecular flexibility index (Phi) is 2.86. The molecule has 1 aliphatic carbocycles. The normalized spacial score (nSPS) is 25.4. The lowest BCUT2D eigenvalue weighted by molar-refractivity contribution is 0.171. The largest absolute Gasteiger partial charge is 0.324 e. The Bertz CT molecular complexity index is 685. The molecule has 2 heterocycles. The van der Waals surface area contributed by atoms with Crippen LogP contribution in [0.5, 0.6) is 0 Å². The summed E-state index contributed by atoms with van der Waals surface area (Å²) in [5.74, 6) is 0.896. The Morgan fingerprint density at radius 1 is 1.33 bits per heavy atom. The molecule has 21 heavy (non-hydrogen) atoms. The lowest BCUT2D eigenvalue weighted by Gasteiger charge is -2.39. The number of fused-ring (bicyclic) bond motifs is 1. The van der Waals surface area contributed by atoms with Crippen LogP contribution in [0.4, 0.5) is 4.39 Å². The van der Waals surface area contributed by atoms with E-state index in [1.807, 2.05) is 6.07 Å². The number of imidazole rings is 1. The first-order valence-corrected chi connectivity index (χ1v) is 7.97. The summed E-state index contributed by atoms with van der Waals surface area (Å²) >= 11 is 0. The van der Waals surface area contributed by atoms with Gasteiger partial charge in [0.1, 0.15) is 11.6 Å². The molecular weight excluding hydrogens is 265 g/mol. The zero-order chi connectivity index (χ0) is 14.6. The Labute approximate surface area is 124 Å². The van der Waals surface area contributed by atoms with Crippen molar-refractivity contribution < 1.29 is 4.39 Å². The highest BCUT2D eigenvalue weighted by Gasteiger charge is 2.39. The standard InChI is InChI=1S/C17H22FN3/c1-17(2)8-3-9-19-15(17)16-20-13-10-11(18)4-7-14(13)21(16)12-5-6-12/h4,7,10,12,15,19H,3,5-6,8-9H2,1-2H3. The van der Waals surface area contributed by atoms with E-state index in [1.54, 1.807) is 12.1 Å². The van der Waals surface area contributed by atoms with E-state index in [4.69, 9.17) is 4.98 Å². The van der Waals surface area contributed by atoms with Crippen LogP contribution in [0.2, 0.25) is 0 Å². The summed E-state index contributed by atoms with van der Waals surface area (Å²) in [5, 5.41) is 3.65. The molecule has 0 spiro atoms. The summed E-state index contributed by atoms with van der Waals surface area (Å²) < 4.78 is 15.9. The molecule has 112 valence electrons. The maximum Gasteiger partial charge on any atom is 0.127 e. The summed E-state index contributed by atoms with van der Waals surface area (Å²) in [6.07, 6.45) is 4.83. The molecule has 2 fully saturated rings. The monoisotopic (exact) mass is 287 g/mol. The van der Waals surface area contributed by atoms with Crippen LogP contribution >= 0.6 is 0 Å². The van der Waals surface area contributed by atoms with Crippen molar-refractivity contribution in [3.63, 3.8) is 0 Å². The van der Waals surface area contributed by atoms with E-state index >= 15 is 0 Å². The van der Waals surface area contributed by atoms with Gasteiger partial charge in [-0.1, -0.05) is 13.8 Å². The molecule has 2 aromatic rings. The smallest absolute Gasteiger partial charge is 0.127 e. The molecule has 0 radical (unpaired) electrons. The molecule has 0 amide bonds. The molecule has 1 atom stereocenters. The van der Waals surface area contributed by atoms with Gasteiger partial charge < -0.3 is 9.88 Å². The van der Waals surface area contributed by atoms with Crippen LogP contribution in [0, 0.1) is 11.2 Å². The van der Waals surface area contributed by atoms with Gasteiger partial charge in [-0.15, -0.1) is 0 Å². The lowest BCUT2D eigenvalue weighted by atomic mass is 9.77. The third-order valence-electron chi connectivity index (χ3n) is 4.98. The number of rotatable bonds is 2. The molecule has 1 aliphatic heterocycles. The number of nitrogens with one attached hydrogen (secondary N) is 1. The van der Waals surface area contributed by atoms with Crippen LogP contribution in [-0.4, -0.2) is 16.1 Å². The molecule has 1 unspecified atom stereocenters. The topological polar surface area (TPSA) is 29.9 Å². The van der Waals surface area contributed by atoms with Crippen LogP contribution in [0.15, 0.2) is 18.2 Å². The Balaban J connectivity index is 1.89. The second kappa shape index (κ2) is 4.54. The van der Waals surface area contributed by atoms with Gasteiger partial charge >= 0.3 is 0 Å². The summed E-state index contributed by atoms with van der Waals surface area (Å²) in [6, 6.07) is 5.80. The third kappa shape index (κ3) is 2.16. The van der Waals surface area contributed by atoms with Gasteiger partial charge in [-0.05, 0) is 49.8 Å². The highest BCUT2D eigenvalue weighted by molar-refractivity contribution is 5.76. The van der Waals surface area contributed by atoms with Crippen LogP contribution < -0.4 is 5.32 Å². The lowest BCUT2D eigenvalue weighted by Crippen LogP contribution is -2.41. The van der Waals surface area contributed by atoms with Crippen molar-refractivity contribution in [3.05, 3.63) is 29.8 Å². The van der Waals surface area contributed by atoms with Crippen molar-refractivity contribution in [1.29, 1.82) is 0 Å². The van der Waals surface area contributed by atoms with Gasteiger partial charge in [0.2, 0.25) is 0 Å². The molecule has 1 aromatic carbocycles. The number of halogens is 1. The minimum atomic E-state index is -0.203. The SMILES string of the molecule is CC1(C)CCCNC1c1nc2cc(F)ccc2n1C1CC1. The molecule has 2 aliphatic rings. The zero-order valence-corrected chi connectivity index (χ0v) is 12.7. The molecule has 1 saturated carbocycles. The van der Waals surface area contributed by atoms with E-state index in [9.17, 15) is 4.39 Å². The van der Waals surface area contributed by atoms with Crippen molar-refractivity contribution >= 4 is 11.0 Å².